The summed E-state index contributed by atoms with van der Waals surface area (Å²) in [5.41, 5.74) is 1.13. The Hall–Kier alpha value is -1.09. The van der Waals surface area contributed by atoms with Crippen molar-refractivity contribution in [3.63, 3.8) is 0 Å². The fourth-order valence-corrected chi connectivity index (χ4v) is 1.35. The molecule has 0 aromatic carbocycles. The number of nitrogens with one attached hydrogen (secondary N) is 1. The second-order valence-corrected chi connectivity index (χ2v) is 4.29. The van der Waals surface area contributed by atoms with Crippen LogP contribution in [0.5, 0.6) is 5.75 Å². The van der Waals surface area contributed by atoms with Crippen molar-refractivity contribution in [2.45, 2.75) is 33.7 Å². The predicted octanol–water partition coefficient (Wildman–Crippen LogP) is 2.62. The van der Waals surface area contributed by atoms with Gasteiger partial charge in [-0.25, -0.2) is 0 Å². The van der Waals surface area contributed by atoms with Gasteiger partial charge in [0.2, 0.25) is 0 Å². The SMILES string of the molecule is CCNCc1cnccc1OCCC(C)C. The van der Waals surface area contributed by atoms with Crippen LogP contribution in [0.1, 0.15) is 32.8 Å². The van der Waals surface area contributed by atoms with Crippen molar-refractivity contribution < 1.29 is 4.74 Å². The van der Waals surface area contributed by atoms with Crippen molar-refractivity contribution in [2.75, 3.05) is 13.2 Å². The van der Waals surface area contributed by atoms with Gasteiger partial charge in [0.05, 0.1) is 6.61 Å². The van der Waals surface area contributed by atoms with Crippen LogP contribution in [0.4, 0.5) is 0 Å². The van der Waals surface area contributed by atoms with Crippen LogP contribution in [0.3, 0.4) is 0 Å². The molecule has 1 heterocycles. The van der Waals surface area contributed by atoms with Crippen LogP contribution in [0.15, 0.2) is 18.5 Å². The zero-order chi connectivity index (χ0) is 11.8. The number of ether oxygens (including phenoxy) is 1. The minimum atomic E-state index is 0.680. The first-order valence-electron chi connectivity index (χ1n) is 6.00. The molecule has 0 aliphatic heterocycles. The van der Waals surface area contributed by atoms with E-state index in [2.05, 4.69) is 31.1 Å². The lowest BCUT2D eigenvalue weighted by atomic mass is 10.1. The van der Waals surface area contributed by atoms with Crippen molar-refractivity contribution in [3.05, 3.63) is 24.0 Å². The maximum absolute atomic E-state index is 5.77. The summed E-state index contributed by atoms with van der Waals surface area (Å²) >= 11 is 0. The first-order chi connectivity index (χ1) is 7.74. The highest BCUT2D eigenvalue weighted by atomic mass is 16.5. The molecule has 0 fully saturated rings. The van der Waals surface area contributed by atoms with Crippen molar-refractivity contribution in [3.8, 4) is 5.75 Å². The van der Waals surface area contributed by atoms with Gasteiger partial charge < -0.3 is 10.1 Å². The molecule has 3 heteroatoms. The summed E-state index contributed by atoms with van der Waals surface area (Å²) in [7, 11) is 0. The Morgan fingerprint density at radius 1 is 1.44 bits per heavy atom. The van der Waals surface area contributed by atoms with E-state index >= 15 is 0 Å². The first kappa shape index (κ1) is 13.0. The molecule has 16 heavy (non-hydrogen) atoms. The van der Waals surface area contributed by atoms with E-state index in [4.69, 9.17) is 4.74 Å². The highest BCUT2D eigenvalue weighted by Crippen LogP contribution is 2.17. The van der Waals surface area contributed by atoms with Gasteiger partial charge in [0, 0.05) is 24.5 Å². The van der Waals surface area contributed by atoms with E-state index < -0.39 is 0 Å². The largest absolute Gasteiger partial charge is 0.493 e. The molecule has 0 atom stereocenters. The van der Waals surface area contributed by atoms with Crippen molar-refractivity contribution in [1.82, 2.24) is 10.3 Å². The second kappa shape index (κ2) is 7.23. The summed E-state index contributed by atoms with van der Waals surface area (Å²) in [6.45, 7) is 9.06. The van der Waals surface area contributed by atoms with Crippen LogP contribution in [0, 0.1) is 5.92 Å². The smallest absolute Gasteiger partial charge is 0.126 e. The third-order valence-electron chi connectivity index (χ3n) is 2.38. The van der Waals surface area contributed by atoms with Gasteiger partial charge in [-0.05, 0) is 24.9 Å². The number of nitrogens with zero attached hydrogens (tertiary/aromatic N) is 1. The minimum Gasteiger partial charge on any atom is -0.493 e. The van der Waals surface area contributed by atoms with Crippen molar-refractivity contribution in [1.29, 1.82) is 0 Å². The third kappa shape index (κ3) is 4.62. The fraction of sp³-hybridized carbons (Fsp3) is 0.615. The van der Waals surface area contributed by atoms with Crippen LogP contribution >= 0.6 is 0 Å². The monoisotopic (exact) mass is 222 g/mol. The fourth-order valence-electron chi connectivity index (χ4n) is 1.35. The first-order valence-corrected chi connectivity index (χ1v) is 6.00. The van der Waals surface area contributed by atoms with E-state index in [1.54, 1.807) is 6.20 Å². The van der Waals surface area contributed by atoms with Gasteiger partial charge in [-0.3, -0.25) is 4.98 Å². The summed E-state index contributed by atoms with van der Waals surface area (Å²) in [6, 6.07) is 1.94. The molecule has 0 radical (unpaired) electrons. The minimum absolute atomic E-state index is 0.680. The van der Waals surface area contributed by atoms with Crippen molar-refractivity contribution in [2.24, 2.45) is 5.92 Å². The van der Waals surface area contributed by atoms with Gasteiger partial charge in [0.15, 0.2) is 0 Å². The number of hydrogen-bond acceptors (Lipinski definition) is 3. The van der Waals surface area contributed by atoms with E-state index in [9.17, 15) is 0 Å². The van der Waals surface area contributed by atoms with E-state index in [1.807, 2.05) is 12.3 Å². The van der Waals surface area contributed by atoms with Gasteiger partial charge in [0.25, 0.3) is 0 Å². The highest BCUT2D eigenvalue weighted by molar-refractivity contribution is 5.29. The normalized spacial score (nSPS) is 10.8. The average Bonchev–Trinajstić information content (AvgIpc) is 2.27. The zero-order valence-electron chi connectivity index (χ0n) is 10.5. The lowest BCUT2D eigenvalue weighted by molar-refractivity contribution is 0.286. The summed E-state index contributed by atoms with van der Waals surface area (Å²) in [4.78, 5) is 4.12. The van der Waals surface area contributed by atoms with Gasteiger partial charge in [0.1, 0.15) is 5.75 Å². The number of pyridine rings is 1. The van der Waals surface area contributed by atoms with Crippen LogP contribution in [-0.4, -0.2) is 18.1 Å². The zero-order valence-corrected chi connectivity index (χ0v) is 10.5. The van der Waals surface area contributed by atoms with E-state index in [0.29, 0.717) is 5.92 Å². The Morgan fingerprint density at radius 2 is 2.25 bits per heavy atom. The summed E-state index contributed by atoms with van der Waals surface area (Å²) in [5, 5.41) is 3.28. The Kier molecular flexibility index (Phi) is 5.86. The summed E-state index contributed by atoms with van der Waals surface area (Å²) in [6.07, 6.45) is 4.73. The molecule has 0 aliphatic carbocycles. The molecule has 3 nitrogen and oxygen atoms in total. The van der Waals surface area contributed by atoms with E-state index in [-0.39, 0.29) is 0 Å². The van der Waals surface area contributed by atoms with E-state index in [1.165, 1.54) is 0 Å². The lowest BCUT2D eigenvalue weighted by Gasteiger charge is -2.12. The van der Waals surface area contributed by atoms with Gasteiger partial charge in [-0.15, -0.1) is 0 Å². The molecule has 0 amide bonds. The van der Waals surface area contributed by atoms with Gasteiger partial charge >= 0.3 is 0 Å². The number of hydrogen-bond donors (Lipinski definition) is 1. The quantitative estimate of drug-likeness (QED) is 0.770. The molecule has 0 saturated heterocycles. The van der Waals surface area contributed by atoms with Crippen LogP contribution < -0.4 is 10.1 Å². The Labute approximate surface area is 98.2 Å². The lowest BCUT2D eigenvalue weighted by Crippen LogP contribution is -2.13. The molecule has 1 rings (SSSR count). The van der Waals surface area contributed by atoms with Crippen LogP contribution in [0.2, 0.25) is 0 Å². The molecule has 90 valence electrons. The third-order valence-corrected chi connectivity index (χ3v) is 2.38. The van der Waals surface area contributed by atoms with Crippen LogP contribution in [-0.2, 0) is 6.54 Å². The Morgan fingerprint density at radius 3 is 2.94 bits per heavy atom. The number of aromatic nitrogens is 1. The summed E-state index contributed by atoms with van der Waals surface area (Å²) < 4.78 is 5.77. The molecule has 0 saturated carbocycles. The molecule has 1 aromatic rings. The molecular formula is C13H22N2O. The topological polar surface area (TPSA) is 34.2 Å². The Bertz CT molecular complexity index is 300. The molecule has 0 unspecified atom stereocenters. The van der Waals surface area contributed by atoms with Gasteiger partial charge in [-0.1, -0.05) is 20.8 Å². The van der Waals surface area contributed by atoms with Crippen molar-refractivity contribution >= 4 is 0 Å². The Balaban J connectivity index is 2.49. The second-order valence-electron chi connectivity index (χ2n) is 4.29. The maximum atomic E-state index is 5.77. The van der Waals surface area contributed by atoms with Crippen LogP contribution in [0.25, 0.3) is 0 Å². The molecule has 0 aliphatic rings. The van der Waals surface area contributed by atoms with E-state index in [0.717, 1.165) is 37.4 Å². The molecule has 1 N–H and O–H groups in total. The molecule has 0 bridgehead atoms. The maximum Gasteiger partial charge on any atom is 0.126 e. The molecule has 0 spiro atoms. The standard InChI is InChI=1S/C13H22N2O/c1-4-14-9-12-10-15-7-5-13(12)16-8-6-11(2)3/h5,7,10-11,14H,4,6,8-9H2,1-3H3. The van der Waals surface area contributed by atoms with Gasteiger partial charge in [-0.2, -0.15) is 0 Å². The molecular weight excluding hydrogens is 200 g/mol. The molecule has 1 aromatic heterocycles. The highest BCUT2D eigenvalue weighted by Gasteiger charge is 2.03. The summed E-state index contributed by atoms with van der Waals surface area (Å²) in [5.74, 6) is 1.63. The number of rotatable bonds is 7. The average molecular weight is 222 g/mol. The predicted molar refractivity (Wildman–Crippen MR) is 66.6 cm³/mol.